The van der Waals surface area contributed by atoms with Crippen LogP contribution in [0.25, 0.3) is 0 Å². The summed E-state index contributed by atoms with van der Waals surface area (Å²) < 4.78 is 13.7. The van der Waals surface area contributed by atoms with Crippen LogP contribution in [0.1, 0.15) is 36.1 Å². The summed E-state index contributed by atoms with van der Waals surface area (Å²) in [5.74, 6) is -0.0477. The Kier molecular flexibility index (Phi) is 5.76. The van der Waals surface area contributed by atoms with E-state index < -0.39 is 0 Å². The molecule has 1 aliphatic heterocycles. The fourth-order valence-electron chi connectivity index (χ4n) is 3.23. The lowest BCUT2D eigenvalue weighted by Gasteiger charge is -2.25. The van der Waals surface area contributed by atoms with Gasteiger partial charge in [-0.05, 0) is 55.6 Å². The van der Waals surface area contributed by atoms with Crippen molar-refractivity contribution in [3.05, 3.63) is 65.2 Å². The monoisotopic (exact) mass is 341 g/mol. The minimum absolute atomic E-state index is 0.163. The zero-order valence-corrected chi connectivity index (χ0v) is 14.5. The first kappa shape index (κ1) is 17.5. The fourth-order valence-corrected chi connectivity index (χ4v) is 3.23. The van der Waals surface area contributed by atoms with E-state index in [1.807, 2.05) is 29.2 Å². The number of hydrogen-bond donors (Lipinski definition) is 1. The Morgan fingerprint density at radius 2 is 2.20 bits per heavy atom. The number of carbonyl (C=O) groups is 1. The van der Waals surface area contributed by atoms with Gasteiger partial charge in [0.25, 0.3) is 0 Å². The Morgan fingerprint density at radius 3 is 2.96 bits per heavy atom. The maximum Gasteiger partial charge on any atom is 0.223 e. The topological polar surface area (TPSA) is 45.2 Å². The summed E-state index contributed by atoms with van der Waals surface area (Å²) in [6.07, 6.45) is 4.14. The van der Waals surface area contributed by atoms with Gasteiger partial charge in [-0.15, -0.1) is 0 Å². The number of aromatic nitrogens is 1. The zero-order valence-electron chi connectivity index (χ0n) is 14.5. The summed E-state index contributed by atoms with van der Waals surface area (Å²) in [6, 6.07) is 11.3. The smallest absolute Gasteiger partial charge is 0.223 e. The molecule has 1 aromatic heterocycles. The van der Waals surface area contributed by atoms with Gasteiger partial charge in [-0.25, -0.2) is 4.39 Å². The van der Waals surface area contributed by atoms with Crippen LogP contribution in [0.15, 0.2) is 42.6 Å². The Balaban J connectivity index is 1.51. The predicted molar refractivity (Wildman–Crippen MR) is 95.3 cm³/mol. The molecule has 0 bridgehead atoms. The molecule has 25 heavy (non-hydrogen) atoms. The summed E-state index contributed by atoms with van der Waals surface area (Å²) in [4.78, 5) is 18.4. The van der Waals surface area contributed by atoms with E-state index in [4.69, 9.17) is 0 Å². The number of likely N-dealkylation sites (tertiary alicyclic amines) is 1. The van der Waals surface area contributed by atoms with Crippen LogP contribution in [0.2, 0.25) is 0 Å². The van der Waals surface area contributed by atoms with Crippen LogP contribution >= 0.6 is 0 Å². The Labute approximate surface area is 148 Å². The third-order valence-corrected chi connectivity index (χ3v) is 4.73. The first-order valence-corrected chi connectivity index (χ1v) is 8.78. The van der Waals surface area contributed by atoms with Crippen molar-refractivity contribution in [2.45, 2.75) is 45.3 Å². The molecular formula is C20H24FN3O. The number of benzene rings is 1. The minimum Gasteiger partial charge on any atom is -0.335 e. The zero-order chi connectivity index (χ0) is 17.6. The number of halogens is 1. The highest BCUT2D eigenvalue weighted by molar-refractivity contribution is 5.78. The molecule has 0 spiro atoms. The molecule has 1 unspecified atom stereocenters. The third kappa shape index (κ3) is 4.63. The number of rotatable bonds is 7. The molecule has 0 aliphatic carbocycles. The average molecular weight is 341 g/mol. The van der Waals surface area contributed by atoms with Crippen molar-refractivity contribution in [2.75, 3.05) is 6.54 Å². The van der Waals surface area contributed by atoms with Crippen LogP contribution < -0.4 is 5.32 Å². The number of carbonyl (C=O) groups excluding carboxylic acids is 1. The quantitative estimate of drug-likeness (QED) is 0.787. The maximum atomic E-state index is 13.7. The van der Waals surface area contributed by atoms with Crippen LogP contribution in [0.3, 0.4) is 0 Å². The second-order valence-electron chi connectivity index (χ2n) is 6.58. The number of hydrogen-bond acceptors (Lipinski definition) is 3. The number of aryl methyl sites for hydroxylation is 1. The van der Waals surface area contributed by atoms with Crippen LogP contribution in [-0.4, -0.2) is 28.4 Å². The molecule has 1 amide bonds. The van der Waals surface area contributed by atoms with Crippen molar-refractivity contribution in [1.82, 2.24) is 15.2 Å². The normalized spacial score (nSPS) is 17.3. The summed E-state index contributed by atoms with van der Waals surface area (Å²) in [6.45, 7) is 3.79. The molecule has 5 heteroatoms. The molecular weight excluding hydrogens is 317 g/mol. The third-order valence-electron chi connectivity index (χ3n) is 4.73. The lowest BCUT2D eigenvalue weighted by Crippen LogP contribution is -2.34. The van der Waals surface area contributed by atoms with Gasteiger partial charge in [-0.3, -0.25) is 9.78 Å². The highest BCUT2D eigenvalue weighted by Crippen LogP contribution is 2.24. The van der Waals surface area contributed by atoms with Crippen molar-refractivity contribution < 1.29 is 9.18 Å². The molecule has 2 aromatic rings. The van der Waals surface area contributed by atoms with Gasteiger partial charge in [0.15, 0.2) is 0 Å². The molecule has 0 saturated carbocycles. The average Bonchev–Trinajstić information content (AvgIpc) is 2.96. The fraction of sp³-hybridized carbons (Fsp3) is 0.400. The van der Waals surface area contributed by atoms with Crippen molar-refractivity contribution in [3.8, 4) is 0 Å². The van der Waals surface area contributed by atoms with Crippen LogP contribution in [0.4, 0.5) is 4.39 Å². The molecule has 1 saturated heterocycles. The van der Waals surface area contributed by atoms with Gasteiger partial charge in [0, 0.05) is 31.7 Å². The number of nitrogens with one attached hydrogen (secondary N) is 1. The first-order chi connectivity index (χ1) is 12.1. The highest BCUT2D eigenvalue weighted by Gasteiger charge is 2.30. The molecule has 1 aliphatic rings. The van der Waals surface area contributed by atoms with Crippen molar-refractivity contribution in [1.29, 1.82) is 0 Å². The number of nitrogens with zero attached hydrogens (tertiary/aromatic N) is 2. The molecule has 3 rings (SSSR count). The van der Waals surface area contributed by atoms with E-state index in [2.05, 4.69) is 10.3 Å². The molecule has 1 aromatic carbocycles. The number of amides is 1. The molecule has 0 radical (unpaired) electrons. The number of pyridine rings is 1. The van der Waals surface area contributed by atoms with Crippen LogP contribution in [0.5, 0.6) is 0 Å². The lowest BCUT2D eigenvalue weighted by atomic mass is 10.1. The Morgan fingerprint density at radius 1 is 1.32 bits per heavy atom. The van der Waals surface area contributed by atoms with Gasteiger partial charge >= 0.3 is 0 Å². The SMILES string of the molecule is Cc1ccc(CN2C(=O)CCC2CCNCc2ccccn2)cc1F. The molecule has 132 valence electrons. The van der Waals surface area contributed by atoms with E-state index in [1.165, 1.54) is 6.07 Å². The molecule has 1 N–H and O–H groups in total. The predicted octanol–water partition coefficient (Wildman–Crippen LogP) is 3.20. The standard InChI is InChI=1S/C20H24FN3O/c1-15-5-6-16(12-19(15)21)14-24-18(7-8-20(24)25)9-11-22-13-17-4-2-3-10-23-17/h2-6,10,12,18,22H,7-9,11,13-14H2,1H3. The van der Waals surface area contributed by atoms with Gasteiger partial charge in [-0.1, -0.05) is 18.2 Å². The Bertz CT molecular complexity index is 720. The highest BCUT2D eigenvalue weighted by atomic mass is 19.1. The van der Waals surface area contributed by atoms with E-state index in [0.29, 0.717) is 18.5 Å². The molecule has 1 atom stereocenters. The van der Waals surface area contributed by atoms with E-state index in [-0.39, 0.29) is 17.8 Å². The van der Waals surface area contributed by atoms with E-state index in [9.17, 15) is 9.18 Å². The van der Waals surface area contributed by atoms with Gasteiger partial charge in [-0.2, -0.15) is 0 Å². The summed E-state index contributed by atoms with van der Waals surface area (Å²) in [5, 5.41) is 3.38. The van der Waals surface area contributed by atoms with Crippen molar-refractivity contribution in [3.63, 3.8) is 0 Å². The van der Waals surface area contributed by atoms with Gasteiger partial charge in [0.05, 0.1) is 5.69 Å². The van der Waals surface area contributed by atoms with Crippen LogP contribution in [-0.2, 0) is 17.9 Å². The lowest BCUT2D eigenvalue weighted by molar-refractivity contribution is -0.129. The minimum atomic E-state index is -0.210. The summed E-state index contributed by atoms with van der Waals surface area (Å²) in [7, 11) is 0. The van der Waals surface area contributed by atoms with E-state index in [0.717, 1.165) is 37.2 Å². The first-order valence-electron chi connectivity index (χ1n) is 8.78. The largest absolute Gasteiger partial charge is 0.335 e. The molecule has 1 fully saturated rings. The second-order valence-corrected chi connectivity index (χ2v) is 6.58. The van der Waals surface area contributed by atoms with Gasteiger partial charge < -0.3 is 10.2 Å². The van der Waals surface area contributed by atoms with Crippen molar-refractivity contribution >= 4 is 5.91 Å². The second kappa shape index (κ2) is 8.21. The summed E-state index contributed by atoms with van der Waals surface area (Å²) >= 11 is 0. The van der Waals surface area contributed by atoms with Gasteiger partial charge in [0.2, 0.25) is 5.91 Å². The molecule has 4 nitrogen and oxygen atoms in total. The maximum absolute atomic E-state index is 13.7. The summed E-state index contributed by atoms with van der Waals surface area (Å²) in [5.41, 5.74) is 2.49. The Hall–Kier alpha value is -2.27. The molecule has 2 heterocycles. The van der Waals surface area contributed by atoms with Gasteiger partial charge in [0.1, 0.15) is 5.82 Å². The van der Waals surface area contributed by atoms with E-state index >= 15 is 0 Å². The van der Waals surface area contributed by atoms with Crippen LogP contribution in [0, 0.1) is 12.7 Å². The van der Waals surface area contributed by atoms with Crippen molar-refractivity contribution in [2.24, 2.45) is 0 Å². The van der Waals surface area contributed by atoms with E-state index in [1.54, 1.807) is 19.2 Å².